The van der Waals surface area contributed by atoms with E-state index >= 15 is 0 Å². The normalized spacial score (nSPS) is 26.7. The Balaban J connectivity index is 0.00000220. The van der Waals surface area contributed by atoms with Gasteiger partial charge in [0.05, 0.1) is 0 Å². The summed E-state index contributed by atoms with van der Waals surface area (Å²) in [4.78, 5) is 17.2. The second-order valence-corrected chi connectivity index (χ2v) is 6.60. The summed E-state index contributed by atoms with van der Waals surface area (Å²) >= 11 is 0. The van der Waals surface area contributed by atoms with Gasteiger partial charge in [-0.25, -0.2) is 0 Å². The summed E-state index contributed by atoms with van der Waals surface area (Å²) in [6, 6.07) is 0.943. The average molecular weight is 354 g/mol. The van der Waals surface area contributed by atoms with E-state index in [1.54, 1.807) is 0 Å². The van der Waals surface area contributed by atoms with Crippen molar-refractivity contribution >= 4 is 30.7 Å². The number of nitrogens with one attached hydrogen (secondary N) is 1. The van der Waals surface area contributed by atoms with Crippen LogP contribution in [0.1, 0.15) is 46.0 Å². The van der Waals surface area contributed by atoms with E-state index in [2.05, 4.69) is 29.0 Å². The zero-order valence-corrected chi connectivity index (χ0v) is 15.8. The van der Waals surface area contributed by atoms with Gasteiger partial charge in [-0.1, -0.05) is 6.92 Å². The van der Waals surface area contributed by atoms with Gasteiger partial charge in [-0.15, -0.1) is 24.8 Å². The van der Waals surface area contributed by atoms with Gasteiger partial charge in [0, 0.05) is 38.1 Å². The zero-order valence-electron chi connectivity index (χ0n) is 14.2. The largest absolute Gasteiger partial charge is 0.342 e. The molecule has 2 heterocycles. The minimum atomic E-state index is 0. The highest BCUT2D eigenvalue weighted by Crippen LogP contribution is 2.22. The van der Waals surface area contributed by atoms with E-state index in [0.29, 0.717) is 18.0 Å². The van der Waals surface area contributed by atoms with Crippen molar-refractivity contribution in [2.24, 2.45) is 5.92 Å². The smallest absolute Gasteiger partial charge is 0.225 e. The summed E-state index contributed by atoms with van der Waals surface area (Å²) in [7, 11) is 2.02. The summed E-state index contributed by atoms with van der Waals surface area (Å²) in [5, 5.41) is 3.43. The first kappa shape index (κ1) is 22.0. The van der Waals surface area contributed by atoms with E-state index < -0.39 is 0 Å². The maximum atomic E-state index is 12.6. The number of likely N-dealkylation sites (tertiary alicyclic amines) is 1. The van der Waals surface area contributed by atoms with Crippen molar-refractivity contribution in [1.82, 2.24) is 15.1 Å². The van der Waals surface area contributed by atoms with E-state index in [1.807, 2.05) is 7.05 Å². The maximum Gasteiger partial charge on any atom is 0.225 e. The van der Waals surface area contributed by atoms with Gasteiger partial charge in [0.2, 0.25) is 5.91 Å². The first-order valence-corrected chi connectivity index (χ1v) is 8.34. The molecule has 0 unspecified atom stereocenters. The Morgan fingerprint density at radius 2 is 1.86 bits per heavy atom. The molecule has 2 fully saturated rings. The number of hydrogen-bond acceptors (Lipinski definition) is 3. The van der Waals surface area contributed by atoms with E-state index in [4.69, 9.17) is 0 Å². The van der Waals surface area contributed by atoms with Gasteiger partial charge in [-0.3, -0.25) is 4.79 Å². The third-order valence-corrected chi connectivity index (χ3v) is 4.97. The van der Waals surface area contributed by atoms with E-state index in [-0.39, 0.29) is 30.7 Å². The molecule has 2 saturated heterocycles. The van der Waals surface area contributed by atoms with Crippen LogP contribution in [0.25, 0.3) is 0 Å². The van der Waals surface area contributed by atoms with Crippen molar-refractivity contribution in [3.8, 4) is 0 Å². The SMILES string of the molecule is CCCN1CCC(N(C)C(=O)[C@H]2CCN[C@@H](C)C2)CC1.Cl.Cl. The molecule has 0 spiro atoms. The Bertz CT molecular complexity index is 323. The number of piperidine rings is 2. The summed E-state index contributed by atoms with van der Waals surface area (Å²) in [5.41, 5.74) is 0. The van der Waals surface area contributed by atoms with Gasteiger partial charge in [0.25, 0.3) is 0 Å². The van der Waals surface area contributed by atoms with Crippen LogP contribution in [0, 0.1) is 5.92 Å². The lowest BCUT2D eigenvalue weighted by molar-refractivity contribution is -0.138. The highest BCUT2D eigenvalue weighted by atomic mass is 35.5. The molecular weight excluding hydrogens is 321 g/mol. The predicted octanol–water partition coefficient (Wildman–Crippen LogP) is 2.55. The second kappa shape index (κ2) is 10.7. The number of carbonyl (C=O) groups is 1. The molecule has 132 valence electrons. The lowest BCUT2D eigenvalue weighted by Gasteiger charge is -2.39. The Labute approximate surface area is 148 Å². The zero-order chi connectivity index (χ0) is 14.5. The molecule has 0 saturated carbocycles. The molecule has 2 aliphatic rings. The number of halogens is 2. The van der Waals surface area contributed by atoms with Crippen LogP contribution in [0.2, 0.25) is 0 Å². The lowest BCUT2D eigenvalue weighted by Crippen LogP contribution is -2.49. The average Bonchev–Trinajstić information content (AvgIpc) is 2.47. The van der Waals surface area contributed by atoms with Gasteiger partial charge in [-0.05, 0) is 52.1 Å². The van der Waals surface area contributed by atoms with Crippen LogP contribution in [-0.4, -0.2) is 61.0 Å². The highest BCUT2D eigenvalue weighted by Gasteiger charge is 2.31. The van der Waals surface area contributed by atoms with Crippen LogP contribution in [0.4, 0.5) is 0 Å². The molecule has 1 N–H and O–H groups in total. The van der Waals surface area contributed by atoms with Crippen LogP contribution in [0.3, 0.4) is 0 Å². The Hall–Kier alpha value is -0.0300. The highest BCUT2D eigenvalue weighted by molar-refractivity contribution is 5.85. The first-order chi connectivity index (χ1) is 9.61. The number of hydrogen-bond donors (Lipinski definition) is 1. The maximum absolute atomic E-state index is 12.6. The van der Waals surface area contributed by atoms with E-state index in [1.165, 1.54) is 13.0 Å². The fourth-order valence-electron chi connectivity index (χ4n) is 3.67. The standard InChI is InChI=1S/C16H31N3O.2ClH/c1-4-9-19-10-6-15(7-11-19)18(3)16(20)14-5-8-17-13(2)12-14;;/h13-15,17H,4-12H2,1-3H3;2*1H/t13-,14-;;/m0../s1. The van der Waals surface area contributed by atoms with Crippen LogP contribution >= 0.6 is 24.8 Å². The van der Waals surface area contributed by atoms with Crippen LogP contribution < -0.4 is 5.32 Å². The molecule has 2 atom stereocenters. The summed E-state index contributed by atoms with van der Waals surface area (Å²) in [6.45, 7) is 8.91. The molecule has 0 aromatic carbocycles. The van der Waals surface area contributed by atoms with Gasteiger partial charge in [0.1, 0.15) is 0 Å². The third-order valence-electron chi connectivity index (χ3n) is 4.97. The second-order valence-electron chi connectivity index (χ2n) is 6.60. The third kappa shape index (κ3) is 5.88. The van der Waals surface area contributed by atoms with Crippen LogP contribution in [0.15, 0.2) is 0 Å². The van der Waals surface area contributed by atoms with Gasteiger partial charge in [0.15, 0.2) is 0 Å². The molecule has 0 aromatic heterocycles. The quantitative estimate of drug-likeness (QED) is 0.843. The summed E-state index contributed by atoms with van der Waals surface area (Å²) in [6.07, 6.45) is 5.51. The minimum absolute atomic E-state index is 0. The Morgan fingerprint density at radius 1 is 1.23 bits per heavy atom. The summed E-state index contributed by atoms with van der Waals surface area (Å²) in [5.74, 6) is 0.622. The molecule has 2 aliphatic heterocycles. The molecule has 0 radical (unpaired) electrons. The van der Waals surface area contributed by atoms with Gasteiger partial charge >= 0.3 is 0 Å². The van der Waals surface area contributed by atoms with Gasteiger partial charge < -0.3 is 15.1 Å². The topological polar surface area (TPSA) is 35.6 Å². The Morgan fingerprint density at radius 3 is 2.41 bits per heavy atom. The first-order valence-electron chi connectivity index (χ1n) is 8.34. The number of amides is 1. The fourth-order valence-corrected chi connectivity index (χ4v) is 3.67. The van der Waals surface area contributed by atoms with E-state index in [0.717, 1.165) is 45.3 Å². The summed E-state index contributed by atoms with van der Waals surface area (Å²) < 4.78 is 0. The van der Waals surface area contributed by atoms with Crippen molar-refractivity contribution in [3.63, 3.8) is 0 Å². The fraction of sp³-hybridized carbons (Fsp3) is 0.938. The molecule has 0 aromatic rings. The molecule has 6 heteroatoms. The molecular formula is C16H33Cl2N3O. The molecule has 0 bridgehead atoms. The van der Waals surface area contributed by atoms with Crippen molar-refractivity contribution in [2.45, 2.75) is 58.0 Å². The predicted molar refractivity (Wildman–Crippen MR) is 97.2 cm³/mol. The Kier molecular flexibility index (Phi) is 10.7. The van der Waals surface area contributed by atoms with Crippen LogP contribution in [0.5, 0.6) is 0 Å². The number of rotatable bonds is 4. The molecule has 0 aliphatic carbocycles. The number of nitrogens with zero attached hydrogens (tertiary/aromatic N) is 2. The lowest BCUT2D eigenvalue weighted by atomic mass is 9.91. The molecule has 4 nitrogen and oxygen atoms in total. The van der Waals surface area contributed by atoms with Crippen molar-refractivity contribution in [1.29, 1.82) is 0 Å². The molecule has 1 amide bonds. The van der Waals surface area contributed by atoms with Gasteiger partial charge in [-0.2, -0.15) is 0 Å². The van der Waals surface area contributed by atoms with Crippen LogP contribution in [-0.2, 0) is 4.79 Å². The van der Waals surface area contributed by atoms with Crippen molar-refractivity contribution in [3.05, 3.63) is 0 Å². The van der Waals surface area contributed by atoms with E-state index in [9.17, 15) is 4.79 Å². The monoisotopic (exact) mass is 353 g/mol. The van der Waals surface area contributed by atoms with Crippen molar-refractivity contribution in [2.75, 3.05) is 33.2 Å². The minimum Gasteiger partial charge on any atom is -0.342 e. The number of carbonyl (C=O) groups excluding carboxylic acids is 1. The molecule has 2 rings (SSSR count). The molecule has 22 heavy (non-hydrogen) atoms. The van der Waals surface area contributed by atoms with Crippen molar-refractivity contribution < 1.29 is 4.79 Å².